The molecule has 1 heterocycles. The molecule has 0 aliphatic carbocycles. The van der Waals surface area contributed by atoms with Crippen molar-refractivity contribution in [1.29, 1.82) is 0 Å². The molecule has 1 saturated heterocycles. The van der Waals surface area contributed by atoms with Gasteiger partial charge in [-0.2, -0.15) is 0 Å². The van der Waals surface area contributed by atoms with Crippen molar-refractivity contribution in [3.8, 4) is 5.75 Å². The van der Waals surface area contributed by atoms with E-state index in [2.05, 4.69) is 16.8 Å². The highest BCUT2D eigenvalue weighted by Crippen LogP contribution is 2.36. The van der Waals surface area contributed by atoms with Gasteiger partial charge in [-0.3, -0.25) is 4.90 Å². The van der Waals surface area contributed by atoms with Crippen molar-refractivity contribution in [1.82, 2.24) is 10.2 Å². The van der Waals surface area contributed by atoms with Crippen LogP contribution in [0.2, 0.25) is 0 Å². The van der Waals surface area contributed by atoms with Gasteiger partial charge in [0.2, 0.25) is 0 Å². The number of piperazine rings is 1. The average Bonchev–Trinajstić information content (AvgIpc) is 2.44. The summed E-state index contributed by atoms with van der Waals surface area (Å²) < 4.78 is 13.3. The summed E-state index contributed by atoms with van der Waals surface area (Å²) in [6.07, 6.45) is 2.50. The summed E-state index contributed by atoms with van der Waals surface area (Å²) >= 11 is 0. The summed E-state index contributed by atoms with van der Waals surface area (Å²) in [6, 6.07) is 2.90. The summed E-state index contributed by atoms with van der Waals surface area (Å²) in [6.45, 7) is 7.35. The van der Waals surface area contributed by atoms with Crippen LogP contribution < -0.4 is 11.1 Å². The molecule has 2 rings (SSSR count). The molecule has 1 aliphatic rings. The first-order chi connectivity index (χ1) is 9.15. The number of nitrogens with zero attached hydrogens (tertiary/aromatic N) is 1. The largest absolute Gasteiger partial charge is 0.505 e. The van der Waals surface area contributed by atoms with Crippen LogP contribution in [0, 0.1) is 5.82 Å². The van der Waals surface area contributed by atoms with Crippen LogP contribution in [0.1, 0.15) is 18.0 Å². The van der Waals surface area contributed by atoms with Crippen LogP contribution in [0.5, 0.6) is 5.75 Å². The van der Waals surface area contributed by atoms with Crippen LogP contribution in [-0.4, -0.2) is 36.2 Å². The van der Waals surface area contributed by atoms with Crippen molar-refractivity contribution in [2.75, 3.05) is 31.9 Å². The number of phenols is 1. The molecule has 1 aromatic carbocycles. The van der Waals surface area contributed by atoms with Crippen molar-refractivity contribution in [2.24, 2.45) is 0 Å². The number of rotatable bonds is 4. The van der Waals surface area contributed by atoms with Crippen LogP contribution in [0.15, 0.2) is 24.8 Å². The van der Waals surface area contributed by atoms with E-state index in [1.54, 1.807) is 6.07 Å². The molecule has 104 valence electrons. The highest BCUT2D eigenvalue weighted by molar-refractivity contribution is 5.57. The molecule has 5 heteroatoms. The number of phenolic OH excluding ortho intramolecular Hbond substituents is 1. The predicted molar refractivity (Wildman–Crippen MR) is 74.5 cm³/mol. The molecule has 4 N–H and O–H groups in total. The van der Waals surface area contributed by atoms with E-state index in [9.17, 15) is 9.50 Å². The van der Waals surface area contributed by atoms with E-state index >= 15 is 0 Å². The Morgan fingerprint density at radius 2 is 2.16 bits per heavy atom. The van der Waals surface area contributed by atoms with Gasteiger partial charge in [0, 0.05) is 37.8 Å². The van der Waals surface area contributed by atoms with Crippen LogP contribution >= 0.6 is 0 Å². The summed E-state index contributed by atoms with van der Waals surface area (Å²) in [4.78, 5) is 2.25. The average molecular weight is 265 g/mol. The summed E-state index contributed by atoms with van der Waals surface area (Å²) in [5, 5.41) is 13.3. The third kappa shape index (κ3) is 2.88. The number of anilines is 1. The SMILES string of the molecule is C=CC[C@@H](c1ccc(F)c(N)c1O)N1CCNCC1. The molecule has 1 atom stereocenters. The van der Waals surface area contributed by atoms with E-state index in [0.29, 0.717) is 12.0 Å². The van der Waals surface area contributed by atoms with Gasteiger partial charge in [-0.15, -0.1) is 6.58 Å². The maximum Gasteiger partial charge on any atom is 0.149 e. The zero-order valence-corrected chi connectivity index (χ0v) is 10.9. The minimum Gasteiger partial charge on any atom is -0.505 e. The lowest BCUT2D eigenvalue weighted by Crippen LogP contribution is -2.45. The van der Waals surface area contributed by atoms with Crippen molar-refractivity contribution in [3.05, 3.63) is 36.2 Å². The van der Waals surface area contributed by atoms with Gasteiger partial charge in [0.25, 0.3) is 0 Å². The second-order valence-electron chi connectivity index (χ2n) is 4.73. The molecule has 4 nitrogen and oxygen atoms in total. The highest BCUT2D eigenvalue weighted by Gasteiger charge is 2.24. The molecule has 0 spiro atoms. The summed E-state index contributed by atoms with van der Waals surface area (Å²) in [5.74, 6) is -0.732. The number of hydrogen-bond donors (Lipinski definition) is 3. The van der Waals surface area contributed by atoms with Crippen molar-refractivity contribution in [2.45, 2.75) is 12.5 Å². The quantitative estimate of drug-likeness (QED) is 0.440. The fourth-order valence-corrected chi connectivity index (χ4v) is 2.49. The van der Waals surface area contributed by atoms with E-state index in [0.717, 1.165) is 26.2 Å². The fraction of sp³-hybridized carbons (Fsp3) is 0.429. The zero-order valence-electron chi connectivity index (χ0n) is 10.9. The Hall–Kier alpha value is -1.59. The lowest BCUT2D eigenvalue weighted by molar-refractivity contribution is 0.172. The van der Waals surface area contributed by atoms with E-state index in [-0.39, 0.29) is 17.5 Å². The zero-order chi connectivity index (χ0) is 13.8. The number of nitrogens with two attached hydrogens (primary N) is 1. The standard InChI is InChI=1S/C14H20FN3O/c1-2-3-12(18-8-6-17-7-9-18)10-4-5-11(15)13(16)14(10)19/h2,4-5,12,17,19H,1,3,6-9,16H2/t12-/m0/s1. The van der Waals surface area contributed by atoms with Crippen LogP contribution in [0.3, 0.4) is 0 Å². The first-order valence-corrected chi connectivity index (χ1v) is 6.47. The molecule has 1 aliphatic heterocycles. The van der Waals surface area contributed by atoms with Gasteiger partial charge >= 0.3 is 0 Å². The molecule has 0 bridgehead atoms. The van der Waals surface area contributed by atoms with Gasteiger partial charge in [0.1, 0.15) is 17.3 Å². The minimum absolute atomic E-state index is 0.0116. The van der Waals surface area contributed by atoms with Crippen molar-refractivity contribution >= 4 is 5.69 Å². The van der Waals surface area contributed by atoms with Gasteiger partial charge in [0.15, 0.2) is 0 Å². The van der Waals surface area contributed by atoms with Crippen molar-refractivity contribution in [3.63, 3.8) is 0 Å². The van der Waals surface area contributed by atoms with Crippen LogP contribution in [0.25, 0.3) is 0 Å². The topological polar surface area (TPSA) is 61.5 Å². The number of hydrogen-bond acceptors (Lipinski definition) is 4. The van der Waals surface area contributed by atoms with Gasteiger partial charge in [-0.05, 0) is 12.5 Å². The van der Waals surface area contributed by atoms with Crippen LogP contribution in [-0.2, 0) is 0 Å². The third-order valence-corrected chi connectivity index (χ3v) is 3.54. The molecule has 1 aromatic rings. The molecule has 0 aromatic heterocycles. The lowest BCUT2D eigenvalue weighted by atomic mass is 9.99. The molecule has 1 fully saturated rings. The Balaban J connectivity index is 2.32. The Bertz CT molecular complexity index is 458. The predicted octanol–water partition coefficient (Wildman–Crippen LogP) is 1.64. The van der Waals surface area contributed by atoms with E-state index < -0.39 is 5.82 Å². The smallest absolute Gasteiger partial charge is 0.149 e. The van der Waals surface area contributed by atoms with Gasteiger partial charge < -0.3 is 16.2 Å². The number of halogens is 1. The fourth-order valence-electron chi connectivity index (χ4n) is 2.49. The lowest BCUT2D eigenvalue weighted by Gasteiger charge is -2.35. The van der Waals surface area contributed by atoms with Gasteiger partial charge in [0.05, 0.1) is 0 Å². The molecule has 0 amide bonds. The van der Waals surface area contributed by atoms with Crippen molar-refractivity contribution < 1.29 is 9.50 Å². The van der Waals surface area contributed by atoms with Crippen LogP contribution in [0.4, 0.5) is 10.1 Å². The molecular formula is C14H20FN3O. The first kappa shape index (κ1) is 13.8. The third-order valence-electron chi connectivity index (χ3n) is 3.54. The second kappa shape index (κ2) is 6.04. The number of nitrogen functional groups attached to an aromatic ring is 1. The molecule has 0 saturated carbocycles. The van der Waals surface area contributed by atoms with Gasteiger partial charge in [-0.1, -0.05) is 12.1 Å². The second-order valence-corrected chi connectivity index (χ2v) is 4.73. The maximum absolute atomic E-state index is 13.3. The molecule has 0 radical (unpaired) electrons. The minimum atomic E-state index is -0.584. The number of nitrogens with one attached hydrogen (secondary N) is 1. The Kier molecular flexibility index (Phi) is 4.39. The van der Waals surface area contributed by atoms with E-state index in [1.807, 2.05) is 6.08 Å². The van der Waals surface area contributed by atoms with E-state index in [4.69, 9.17) is 5.73 Å². The number of aromatic hydroxyl groups is 1. The normalized spacial score (nSPS) is 18.2. The Labute approximate surface area is 112 Å². The highest BCUT2D eigenvalue weighted by atomic mass is 19.1. The monoisotopic (exact) mass is 265 g/mol. The molecule has 0 unspecified atom stereocenters. The Morgan fingerprint density at radius 1 is 1.47 bits per heavy atom. The van der Waals surface area contributed by atoms with Gasteiger partial charge in [-0.25, -0.2) is 4.39 Å². The maximum atomic E-state index is 13.3. The first-order valence-electron chi connectivity index (χ1n) is 6.47. The summed E-state index contributed by atoms with van der Waals surface area (Å²) in [5.41, 5.74) is 6.05. The summed E-state index contributed by atoms with van der Waals surface area (Å²) in [7, 11) is 0. The molecular weight excluding hydrogens is 245 g/mol. The van der Waals surface area contributed by atoms with E-state index in [1.165, 1.54) is 6.07 Å². The Morgan fingerprint density at radius 3 is 2.79 bits per heavy atom. The number of benzene rings is 1. The molecule has 19 heavy (non-hydrogen) atoms.